The van der Waals surface area contributed by atoms with Crippen LogP contribution in [0.2, 0.25) is 0 Å². The van der Waals surface area contributed by atoms with Gasteiger partial charge in [-0.3, -0.25) is 9.36 Å². The predicted molar refractivity (Wildman–Crippen MR) is 109 cm³/mol. The summed E-state index contributed by atoms with van der Waals surface area (Å²) in [5.41, 5.74) is 3.73. The summed E-state index contributed by atoms with van der Waals surface area (Å²) in [5, 5.41) is 2.79. The van der Waals surface area contributed by atoms with Crippen molar-refractivity contribution in [2.45, 2.75) is 13.3 Å². The molecule has 0 saturated heterocycles. The fourth-order valence-electron chi connectivity index (χ4n) is 2.91. The number of hydrogen-bond donors (Lipinski definition) is 1. The van der Waals surface area contributed by atoms with Crippen molar-refractivity contribution < 1.29 is 9.53 Å². The molecule has 1 amide bonds. The maximum absolute atomic E-state index is 12.1. The number of amides is 1. The average molecular weight is 372 g/mol. The second kappa shape index (κ2) is 7.92. The summed E-state index contributed by atoms with van der Waals surface area (Å²) in [6.45, 7) is 2.04. The van der Waals surface area contributed by atoms with Crippen LogP contribution in [0.4, 0.5) is 5.69 Å². The number of carbonyl (C=O) groups is 1. The van der Waals surface area contributed by atoms with Crippen molar-refractivity contribution in [2.24, 2.45) is 0 Å². The van der Waals surface area contributed by atoms with Gasteiger partial charge in [-0.25, -0.2) is 9.97 Å². The lowest BCUT2D eigenvalue weighted by molar-refractivity contribution is -0.118. The van der Waals surface area contributed by atoms with E-state index in [1.165, 1.54) is 5.56 Å². The quantitative estimate of drug-likeness (QED) is 0.555. The molecule has 2 aromatic carbocycles. The van der Waals surface area contributed by atoms with Crippen molar-refractivity contribution in [3.63, 3.8) is 0 Å². The molecule has 1 N–H and O–H groups in total. The molecule has 0 saturated carbocycles. The molecule has 2 heterocycles. The third-order valence-corrected chi connectivity index (χ3v) is 4.43. The third-order valence-electron chi connectivity index (χ3n) is 4.43. The number of benzene rings is 2. The molecular weight excluding hydrogens is 352 g/mol. The first-order chi connectivity index (χ1) is 13.7. The minimum Gasteiger partial charge on any atom is -0.484 e. The Morgan fingerprint density at radius 3 is 2.61 bits per heavy atom. The van der Waals surface area contributed by atoms with Gasteiger partial charge in [-0.05, 0) is 48.4 Å². The molecule has 0 aliphatic rings. The lowest BCUT2D eigenvalue weighted by Gasteiger charge is -2.09. The molecular formula is C22H20N4O2. The molecule has 0 unspecified atom stereocenters. The van der Waals surface area contributed by atoms with Crippen LogP contribution in [0.25, 0.3) is 16.9 Å². The van der Waals surface area contributed by atoms with Crippen LogP contribution in [0.3, 0.4) is 0 Å². The van der Waals surface area contributed by atoms with Gasteiger partial charge in [0.15, 0.2) is 6.61 Å². The van der Waals surface area contributed by atoms with Gasteiger partial charge in [0.25, 0.3) is 5.91 Å². The number of nitrogens with one attached hydrogen (secondary N) is 1. The van der Waals surface area contributed by atoms with E-state index in [1.54, 1.807) is 12.5 Å². The first-order valence-electron chi connectivity index (χ1n) is 9.13. The number of fused-ring (bicyclic) bond motifs is 1. The number of pyridine rings is 1. The molecule has 2 aromatic heterocycles. The fourth-order valence-corrected chi connectivity index (χ4v) is 2.91. The van der Waals surface area contributed by atoms with E-state index in [-0.39, 0.29) is 12.5 Å². The van der Waals surface area contributed by atoms with Gasteiger partial charge >= 0.3 is 0 Å². The zero-order valence-electron chi connectivity index (χ0n) is 15.5. The zero-order chi connectivity index (χ0) is 19.3. The average Bonchev–Trinajstić information content (AvgIpc) is 3.17. The molecule has 0 spiro atoms. The Kier molecular flexibility index (Phi) is 5.01. The highest BCUT2D eigenvalue weighted by Gasteiger charge is 2.07. The van der Waals surface area contributed by atoms with Crippen LogP contribution < -0.4 is 10.1 Å². The summed E-state index contributed by atoms with van der Waals surface area (Å²) in [4.78, 5) is 20.9. The summed E-state index contributed by atoms with van der Waals surface area (Å²) < 4.78 is 7.43. The van der Waals surface area contributed by atoms with Crippen molar-refractivity contribution in [1.29, 1.82) is 0 Å². The van der Waals surface area contributed by atoms with Crippen LogP contribution in [-0.4, -0.2) is 27.0 Å². The van der Waals surface area contributed by atoms with Crippen LogP contribution in [0.1, 0.15) is 12.5 Å². The van der Waals surface area contributed by atoms with Gasteiger partial charge in [0.05, 0.1) is 22.9 Å². The number of aromatic nitrogens is 3. The van der Waals surface area contributed by atoms with E-state index >= 15 is 0 Å². The zero-order valence-corrected chi connectivity index (χ0v) is 15.5. The highest BCUT2D eigenvalue weighted by Crippen LogP contribution is 2.18. The SMILES string of the molecule is CCc1ccc(OCC(=O)Nc2ccc(-n3cnc4ccccc43)nc2)cc1. The smallest absolute Gasteiger partial charge is 0.262 e. The number of nitrogens with zero attached hydrogens (tertiary/aromatic N) is 3. The monoisotopic (exact) mass is 372 g/mol. The van der Waals surface area contributed by atoms with Gasteiger partial charge < -0.3 is 10.1 Å². The Morgan fingerprint density at radius 2 is 1.86 bits per heavy atom. The number of carbonyl (C=O) groups excluding carboxylic acids is 1. The lowest BCUT2D eigenvalue weighted by atomic mass is 10.2. The third kappa shape index (κ3) is 3.86. The normalized spacial score (nSPS) is 10.8. The van der Waals surface area contributed by atoms with E-state index in [0.29, 0.717) is 11.4 Å². The van der Waals surface area contributed by atoms with Crippen LogP contribution in [-0.2, 0) is 11.2 Å². The van der Waals surface area contributed by atoms with Gasteiger partial charge in [0, 0.05) is 0 Å². The van der Waals surface area contributed by atoms with Crippen LogP contribution >= 0.6 is 0 Å². The maximum Gasteiger partial charge on any atom is 0.262 e. The molecule has 4 rings (SSSR count). The maximum atomic E-state index is 12.1. The number of rotatable bonds is 6. The van der Waals surface area contributed by atoms with Crippen molar-refractivity contribution in [3.05, 3.63) is 78.8 Å². The number of anilines is 1. The molecule has 0 fully saturated rings. The second-order valence-corrected chi connectivity index (χ2v) is 6.34. The van der Waals surface area contributed by atoms with E-state index in [9.17, 15) is 4.79 Å². The molecule has 0 atom stereocenters. The first kappa shape index (κ1) is 17.7. The summed E-state index contributed by atoms with van der Waals surface area (Å²) >= 11 is 0. The van der Waals surface area contributed by atoms with E-state index in [0.717, 1.165) is 23.3 Å². The molecule has 140 valence electrons. The Morgan fingerprint density at radius 1 is 1.04 bits per heavy atom. The van der Waals surface area contributed by atoms with Crippen molar-refractivity contribution in [1.82, 2.24) is 14.5 Å². The van der Waals surface area contributed by atoms with Crippen LogP contribution in [0, 0.1) is 0 Å². The molecule has 0 aliphatic heterocycles. The minimum absolute atomic E-state index is 0.0562. The summed E-state index contributed by atoms with van der Waals surface area (Å²) in [7, 11) is 0. The molecule has 28 heavy (non-hydrogen) atoms. The van der Waals surface area contributed by atoms with E-state index in [1.807, 2.05) is 65.2 Å². The summed E-state index contributed by atoms with van der Waals surface area (Å²) in [5.74, 6) is 1.17. The topological polar surface area (TPSA) is 69.0 Å². The largest absolute Gasteiger partial charge is 0.484 e. The van der Waals surface area contributed by atoms with Gasteiger partial charge in [-0.1, -0.05) is 31.2 Å². The van der Waals surface area contributed by atoms with Crippen molar-refractivity contribution in [2.75, 3.05) is 11.9 Å². The Hall–Kier alpha value is -3.67. The van der Waals surface area contributed by atoms with E-state index in [2.05, 4.69) is 22.2 Å². The van der Waals surface area contributed by atoms with Gasteiger partial charge in [-0.15, -0.1) is 0 Å². The van der Waals surface area contributed by atoms with Crippen molar-refractivity contribution in [3.8, 4) is 11.6 Å². The Bertz CT molecular complexity index is 1090. The fraction of sp³-hybridized carbons (Fsp3) is 0.136. The number of imidazole rings is 1. The van der Waals surface area contributed by atoms with E-state index < -0.39 is 0 Å². The highest BCUT2D eigenvalue weighted by atomic mass is 16.5. The van der Waals surface area contributed by atoms with Crippen LogP contribution in [0.15, 0.2) is 73.2 Å². The van der Waals surface area contributed by atoms with Crippen LogP contribution in [0.5, 0.6) is 5.75 Å². The molecule has 0 aliphatic carbocycles. The van der Waals surface area contributed by atoms with Crippen molar-refractivity contribution >= 4 is 22.6 Å². The number of aryl methyl sites for hydroxylation is 1. The molecule has 6 heteroatoms. The van der Waals surface area contributed by atoms with E-state index in [4.69, 9.17) is 4.74 Å². The predicted octanol–water partition coefficient (Wildman–Crippen LogP) is 4.00. The van der Waals surface area contributed by atoms with Gasteiger partial charge in [0.2, 0.25) is 0 Å². The van der Waals surface area contributed by atoms with Gasteiger partial charge in [-0.2, -0.15) is 0 Å². The summed E-state index contributed by atoms with van der Waals surface area (Å²) in [6.07, 6.45) is 4.33. The molecule has 0 bridgehead atoms. The standard InChI is InChI=1S/C22H20N4O2/c1-2-16-7-10-18(11-8-16)28-14-22(27)25-17-9-12-21(23-13-17)26-15-24-19-5-3-4-6-20(19)26/h3-13,15H,2,14H2,1H3,(H,25,27). The number of ether oxygens (including phenoxy) is 1. The minimum atomic E-state index is -0.234. The molecule has 6 nitrogen and oxygen atoms in total. The highest BCUT2D eigenvalue weighted by molar-refractivity contribution is 5.91. The Labute approximate surface area is 162 Å². The lowest BCUT2D eigenvalue weighted by Crippen LogP contribution is -2.20. The molecule has 0 radical (unpaired) electrons. The number of para-hydroxylation sites is 2. The molecule has 4 aromatic rings. The second-order valence-electron chi connectivity index (χ2n) is 6.34. The Balaban J connectivity index is 1.38. The number of hydrogen-bond acceptors (Lipinski definition) is 4. The first-order valence-corrected chi connectivity index (χ1v) is 9.13. The van der Waals surface area contributed by atoms with Gasteiger partial charge in [0.1, 0.15) is 17.9 Å². The summed E-state index contributed by atoms with van der Waals surface area (Å²) in [6, 6.07) is 19.2.